The van der Waals surface area contributed by atoms with E-state index in [1.54, 1.807) is 13.0 Å². The molecular formula is C24H20F3N3O6S. The number of anilines is 1. The first kappa shape index (κ1) is 25.9. The van der Waals surface area contributed by atoms with E-state index in [0.29, 0.717) is 5.76 Å². The van der Waals surface area contributed by atoms with Crippen LogP contribution < -0.4 is 15.6 Å². The van der Waals surface area contributed by atoms with E-state index in [1.165, 1.54) is 31.2 Å². The van der Waals surface area contributed by atoms with Crippen LogP contribution in [0, 0.1) is 6.92 Å². The van der Waals surface area contributed by atoms with Crippen molar-refractivity contribution in [2.24, 2.45) is 0 Å². The van der Waals surface area contributed by atoms with Gasteiger partial charge in [-0.25, -0.2) is 13.4 Å². The molecule has 0 atom stereocenters. The monoisotopic (exact) mass is 535 g/mol. The fourth-order valence-electron chi connectivity index (χ4n) is 3.51. The van der Waals surface area contributed by atoms with Gasteiger partial charge < -0.3 is 14.6 Å². The zero-order valence-electron chi connectivity index (χ0n) is 19.5. The minimum absolute atomic E-state index is 0.0433. The molecule has 1 amide bonds. The van der Waals surface area contributed by atoms with Crippen molar-refractivity contribution in [1.29, 1.82) is 0 Å². The summed E-state index contributed by atoms with van der Waals surface area (Å²) in [5, 5.41) is 2.33. The Balaban J connectivity index is 1.69. The lowest BCUT2D eigenvalue weighted by molar-refractivity contribution is -0.137. The summed E-state index contributed by atoms with van der Waals surface area (Å²) >= 11 is 0. The molecule has 13 heteroatoms. The van der Waals surface area contributed by atoms with E-state index in [-0.39, 0.29) is 40.0 Å². The average Bonchev–Trinajstić information content (AvgIpc) is 3.23. The number of halogens is 3. The first-order valence-corrected chi connectivity index (χ1v) is 12.5. The molecule has 2 heterocycles. The molecular weight excluding hydrogens is 515 g/mol. The van der Waals surface area contributed by atoms with E-state index in [9.17, 15) is 31.2 Å². The molecule has 0 aliphatic carbocycles. The van der Waals surface area contributed by atoms with Crippen molar-refractivity contribution in [2.75, 3.05) is 11.1 Å². The number of fused-ring (bicyclic) bond motifs is 1. The Labute approximate surface area is 208 Å². The van der Waals surface area contributed by atoms with Crippen LogP contribution in [0.5, 0.6) is 5.75 Å². The molecule has 0 unspecified atom stereocenters. The number of nitrogens with one attached hydrogen (secondary N) is 1. The van der Waals surface area contributed by atoms with Gasteiger partial charge in [-0.15, -0.1) is 4.57 Å². The smallest absolute Gasteiger partial charge is 0.417 e. The Kier molecular flexibility index (Phi) is 6.82. The van der Waals surface area contributed by atoms with Crippen molar-refractivity contribution >= 4 is 27.1 Å². The van der Waals surface area contributed by atoms with Gasteiger partial charge in [0, 0.05) is 12.1 Å². The highest BCUT2D eigenvalue weighted by atomic mass is 32.2. The van der Waals surface area contributed by atoms with Gasteiger partial charge in [-0.2, -0.15) is 13.2 Å². The third kappa shape index (κ3) is 5.50. The quantitative estimate of drug-likeness (QED) is 0.376. The minimum Gasteiger partial charge on any atom is -0.485 e. The lowest BCUT2D eigenvalue weighted by atomic mass is 10.1. The SMILES string of the molecule is CCS(=O)(=O)c1ccc(OCc2cc(=O)n3oc(C)cc3n2)c(NC(=O)c2ccccc2C(F)(F)F)c1. The Hall–Kier alpha value is -4.13. The van der Waals surface area contributed by atoms with Crippen molar-refractivity contribution in [2.45, 2.75) is 31.5 Å². The molecule has 2 aromatic heterocycles. The number of hydrogen-bond acceptors (Lipinski definition) is 7. The molecule has 37 heavy (non-hydrogen) atoms. The van der Waals surface area contributed by atoms with Crippen molar-refractivity contribution in [1.82, 2.24) is 9.56 Å². The molecule has 0 saturated heterocycles. The van der Waals surface area contributed by atoms with Crippen LogP contribution in [0.15, 0.2) is 68.8 Å². The minimum atomic E-state index is -4.79. The van der Waals surface area contributed by atoms with Gasteiger partial charge in [0.2, 0.25) is 0 Å². The standard InChI is InChI=1S/C24H20F3N3O6S/c1-3-37(33,34)16-8-9-20(35-13-15-11-22(31)30-21(28-15)10-14(2)36-30)19(12-16)29-23(32)17-6-4-5-7-18(17)24(25,26)27/h4-12H,3,13H2,1-2H3,(H,29,32). The van der Waals surface area contributed by atoms with Crippen LogP contribution in [0.1, 0.15) is 34.3 Å². The van der Waals surface area contributed by atoms with Gasteiger partial charge in [0.25, 0.3) is 11.5 Å². The van der Waals surface area contributed by atoms with E-state index < -0.39 is 38.6 Å². The predicted molar refractivity (Wildman–Crippen MR) is 126 cm³/mol. The maximum absolute atomic E-state index is 13.4. The topological polar surface area (TPSA) is 120 Å². The molecule has 0 saturated carbocycles. The highest BCUT2D eigenvalue weighted by Gasteiger charge is 2.35. The van der Waals surface area contributed by atoms with E-state index in [4.69, 9.17) is 9.26 Å². The lowest BCUT2D eigenvalue weighted by Crippen LogP contribution is -2.19. The number of sulfone groups is 1. The molecule has 9 nitrogen and oxygen atoms in total. The summed E-state index contributed by atoms with van der Waals surface area (Å²) in [5.74, 6) is -0.941. The zero-order chi connectivity index (χ0) is 27.0. The summed E-state index contributed by atoms with van der Waals surface area (Å²) in [6.45, 7) is 2.80. The van der Waals surface area contributed by atoms with E-state index in [0.717, 1.165) is 28.8 Å². The second kappa shape index (κ2) is 9.73. The Morgan fingerprint density at radius 3 is 2.57 bits per heavy atom. The zero-order valence-corrected chi connectivity index (χ0v) is 20.3. The summed E-state index contributed by atoms with van der Waals surface area (Å²) in [7, 11) is -3.72. The van der Waals surface area contributed by atoms with E-state index in [1.807, 2.05) is 0 Å². The third-order valence-electron chi connectivity index (χ3n) is 5.32. The second-order valence-corrected chi connectivity index (χ2v) is 10.2. The first-order chi connectivity index (χ1) is 17.4. The summed E-state index contributed by atoms with van der Waals surface area (Å²) < 4.78 is 77.0. The van der Waals surface area contributed by atoms with Crippen LogP contribution in [0.3, 0.4) is 0 Å². The summed E-state index contributed by atoms with van der Waals surface area (Å²) in [5.41, 5.74) is -2.03. The summed E-state index contributed by atoms with van der Waals surface area (Å²) in [4.78, 5) is 29.2. The molecule has 4 aromatic rings. The van der Waals surface area contributed by atoms with Crippen molar-refractivity contribution in [3.8, 4) is 5.75 Å². The molecule has 0 radical (unpaired) electrons. The van der Waals surface area contributed by atoms with Gasteiger partial charge in [0.05, 0.1) is 33.2 Å². The number of ether oxygens (including phenoxy) is 1. The molecule has 0 aliphatic rings. The van der Waals surface area contributed by atoms with Crippen molar-refractivity contribution < 1.29 is 35.6 Å². The fourth-order valence-corrected chi connectivity index (χ4v) is 4.42. The number of hydrogen-bond donors (Lipinski definition) is 1. The molecule has 4 rings (SSSR count). The number of nitrogens with zero attached hydrogens (tertiary/aromatic N) is 2. The van der Waals surface area contributed by atoms with Crippen LogP contribution in [0.25, 0.3) is 5.65 Å². The number of benzene rings is 2. The maximum Gasteiger partial charge on any atom is 0.417 e. The third-order valence-corrected chi connectivity index (χ3v) is 7.05. The van der Waals surface area contributed by atoms with Gasteiger partial charge in [-0.1, -0.05) is 19.1 Å². The van der Waals surface area contributed by atoms with Crippen LogP contribution in [-0.2, 0) is 22.6 Å². The largest absolute Gasteiger partial charge is 0.485 e. The Morgan fingerprint density at radius 1 is 1.14 bits per heavy atom. The predicted octanol–water partition coefficient (Wildman–Crippen LogP) is 4.24. The number of amides is 1. The number of carbonyl (C=O) groups is 1. The van der Waals surface area contributed by atoms with E-state index >= 15 is 0 Å². The normalized spacial score (nSPS) is 12.0. The van der Waals surface area contributed by atoms with Crippen molar-refractivity contribution in [3.63, 3.8) is 0 Å². The summed E-state index contributed by atoms with van der Waals surface area (Å²) in [6, 6.07) is 10.5. The molecule has 0 fully saturated rings. The maximum atomic E-state index is 13.4. The van der Waals surface area contributed by atoms with Crippen LogP contribution in [0.2, 0.25) is 0 Å². The van der Waals surface area contributed by atoms with Gasteiger partial charge in [-0.3, -0.25) is 9.59 Å². The van der Waals surface area contributed by atoms with E-state index in [2.05, 4.69) is 10.3 Å². The van der Waals surface area contributed by atoms with Crippen molar-refractivity contribution in [3.05, 3.63) is 87.5 Å². The summed E-state index contributed by atoms with van der Waals surface area (Å²) in [6.07, 6.45) is -4.79. The highest BCUT2D eigenvalue weighted by Crippen LogP contribution is 2.34. The van der Waals surface area contributed by atoms with Crippen LogP contribution in [0.4, 0.5) is 18.9 Å². The molecule has 0 spiro atoms. The molecule has 2 aromatic carbocycles. The van der Waals surface area contributed by atoms with Crippen LogP contribution in [-0.4, -0.2) is 29.6 Å². The number of rotatable bonds is 7. The second-order valence-electron chi connectivity index (χ2n) is 7.93. The number of aryl methyl sites for hydroxylation is 1. The fraction of sp³-hybridized carbons (Fsp3) is 0.208. The molecule has 1 N–H and O–H groups in total. The van der Waals surface area contributed by atoms with Gasteiger partial charge in [0.15, 0.2) is 15.5 Å². The van der Waals surface area contributed by atoms with Gasteiger partial charge >= 0.3 is 6.18 Å². The van der Waals surface area contributed by atoms with Crippen LogP contribution >= 0.6 is 0 Å². The molecule has 194 valence electrons. The highest BCUT2D eigenvalue weighted by molar-refractivity contribution is 7.91. The Morgan fingerprint density at radius 2 is 1.86 bits per heavy atom. The number of carbonyl (C=O) groups excluding carboxylic acids is 1. The Bertz CT molecular complexity index is 1660. The van der Waals surface area contributed by atoms with Gasteiger partial charge in [-0.05, 0) is 37.3 Å². The number of alkyl halides is 3. The average molecular weight is 536 g/mol. The molecule has 0 aliphatic heterocycles. The first-order valence-electron chi connectivity index (χ1n) is 10.9. The number of aromatic nitrogens is 2. The molecule has 0 bridgehead atoms. The lowest BCUT2D eigenvalue weighted by Gasteiger charge is -2.16. The van der Waals surface area contributed by atoms with Gasteiger partial charge in [0.1, 0.15) is 18.1 Å².